The van der Waals surface area contributed by atoms with Crippen LogP contribution in [-0.4, -0.2) is 102 Å². The van der Waals surface area contributed by atoms with Crippen molar-refractivity contribution in [2.45, 2.75) is 95.9 Å². The summed E-state index contributed by atoms with van der Waals surface area (Å²) in [6.07, 6.45) is -3.90. The van der Waals surface area contributed by atoms with E-state index in [4.69, 9.17) is 28.4 Å². The summed E-state index contributed by atoms with van der Waals surface area (Å²) in [5.41, 5.74) is 1.71. The Morgan fingerprint density at radius 3 is 1.81 bits per heavy atom. The fourth-order valence-electron chi connectivity index (χ4n) is 5.03. The number of unbranched alkanes of at least 4 members (excludes halogenated alkanes) is 2. The van der Waals surface area contributed by atoms with Gasteiger partial charge >= 0.3 is 11.9 Å². The lowest BCUT2D eigenvalue weighted by molar-refractivity contribution is -0.277. The first-order chi connectivity index (χ1) is 22.6. The van der Waals surface area contributed by atoms with E-state index in [1.54, 1.807) is 24.3 Å². The maximum atomic E-state index is 12.4. The number of carbonyl (C=O) groups is 2. The van der Waals surface area contributed by atoms with Crippen LogP contribution in [0.3, 0.4) is 0 Å². The summed E-state index contributed by atoms with van der Waals surface area (Å²) in [5.74, 6) is -0.777. The Bertz CT molecular complexity index is 1310. The number of aliphatic hydroxyl groups excluding tert-OH is 4. The number of aromatic hydroxyl groups is 1. The standard InChI is InChI=1S/C34H48O13/c1-5-7-13-44-27(36)11-9-20-15-22(29(38)24(17-20)42-3)23-16-21(10-12-28(37)45-14-8-6-2)18-25(43-4)33(23)47-34-32(41)31(40)30(39)26(19-35)46-34/h15-18,26,30-32,34-35,38-41H,5-14,19H2,1-4H3/t26-,30-,31+,32-,34+/m1/s1. The molecule has 1 aliphatic rings. The summed E-state index contributed by atoms with van der Waals surface area (Å²) >= 11 is 0. The second kappa shape index (κ2) is 18.6. The number of phenols is 1. The molecule has 0 aromatic heterocycles. The number of methoxy groups -OCH3 is 2. The smallest absolute Gasteiger partial charge is 0.306 e. The highest BCUT2D eigenvalue weighted by atomic mass is 16.7. The molecule has 0 saturated carbocycles. The lowest BCUT2D eigenvalue weighted by Gasteiger charge is -2.40. The van der Waals surface area contributed by atoms with Crippen LogP contribution in [-0.2, 0) is 36.6 Å². The van der Waals surface area contributed by atoms with Crippen LogP contribution in [0, 0.1) is 0 Å². The third-order valence-corrected chi connectivity index (χ3v) is 7.82. The monoisotopic (exact) mass is 664 g/mol. The Labute approximate surface area is 274 Å². The molecule has 0 unspecified atom stereocenters. The first-order valence-corrected chi connectivity index (χ1v) is 16.0. The molecule has 0 bridgehead atoms. The minimum Gasteiger partial charge on any atom is -0.504 e. The van der Waals surface area contributed by atoms with E-state index in [1.165, 1.54) is 14.2 Å². The lowest BCUT2D eigenvalue weighted by Crippen LogP contribution is -2.60. The van der Waals surface area contributed by atoms with Crippen LogP contribution < -0.4 is 14.2 Å². The van der Waals surface area contributed by atoms with E-state index in [0.717, 1.165) is 25.7 Å². The number of aliphatic hydroxyl groups is 4. The number of hydrogen-bond acceptors (Lipinski definition) is 13. The normalized spacial score (nSPS) is 20.8. The Balaban J connectivity index is 2.07. The van der Waals surface area contributed by atoms with Crippen LogP contribution in [0.5, 0.6) is 23.0 Å². The number of benzene rings is 2. The average Bonchev–Trinajstić information content (AvgIpc) is 3.07. The minimum atomic E-state index is -1.73. The van der Waals surface area contributed by atoms with Crippen molar-refractivity contribution in [1.29, 1.82) is 0 Å². The SMILES string of the molecule is CCCCOC(=O)CCc1cc(OC)c(O)c(-c2cc(CCC(=O)OCCCC)cc(OC)c2O[C@@H]2O[C@H](CO)[C@@H](O)[C@H](O)[C@H]2O)c1. The van der Waals surface area contributed by atoms with Gasteiger partial charge in [-0.25, -0.2) is 0 Å². The first-order valence-electron chi connectivity index (χ1n) is 16.0. The quantitative estimate of drug-likeness (QED) is 0.116. The molecule has 1 heterocycles. The van der Waals surface area contributed by atoms with Gasteiger partial charge in [-0.1, -0.05) is 26.7 Å². The highest BCUT2D eigenvalue weighted by molar-refractivity contribution is 5.82. The first kappa shape index (κ1) is 37.8. The van der Waals surface area contributed by atoms with Crippen LogP contribution >= 0.6 is 0 Å². The van der Waals surface area contributed by atoms with Gasteiger partial charge in [0.2, 0.25) is 6.29 Å². The van der Waals surface area contributed by atoms with Gasteiger partial charge in [0.05, 0.1) is 34.0 Å². The van der Waals surface area contributed by atoms with Gasteiger partial charge in [0.25, 0.3) is 0 Å². The Hall–Kier alpha value is -3.62. The zero-order chi connectivity index (χ0) is 34.5. The zero-order valence-corrected chi connectivity index (χ0v) is 27.5. The molecule has 0 spiro atoms. The van der Waals surface area contributed by atoms with Gasteiger partial charge in [0, 0.05) is 24.0 Å². The molecule has 5 N–H and O–H groups in total. The van der Waals surface area contributed by atoms with Crippen molar-refractivity contribution < 1.29 is 63.5 Å². The summed E-state index contributed by atoms with van der Waals surface area (Å²) in [7, 11) is 2.76. The van der Waals surface area contributed by atoms with Crippen LogP contribution in [0.15, 0.2) is 24.3 Å². The number of aryl methyl sites for hydroxylation is 2. The Morgan fingerprint density at radius 1 is 0.766 bits per heavy atom. The summed E-state index contributed by atoms with van der Waals surface area (Å²) in [4.78, 5) is 24.7. The van der Waals surface area contributed by atoms with Crippen molar-refractivity contribution in [3.8, 4) is 34.1 Å². The van der Waals surface area contributed by atoms with Gasteiger partial charge in [0.1, 0.15) is 24.4 Å². The predicted molar refractivity (Wildman–Crippen MR) is 169 cm³/mol. The molecule has 1 saturated heterocycles. The van der Waals surface area contributed by atoms with E-state index < -0.39 is 37.3 Å². The van der Waals surface area contributed by atoms with E-state index in [2.05, 4.69) is 0 Å². The van der Waals surface area contributed by atoms with E-state index in [-0.39, 0.29) is 71.7 Å². The molecule has 0 amide bonds. The molecule has 13 heteroatoms. The lowest BCUT2D eigenvalue weighted by atomic mass is 9.95. The molecular weight excluding hydrogens is 616 g/mol. The van der Waals surface area contributed by atoms with Gasteiger partial charge < -0.3 is 54.0 Å². The van der Waals surface area contributed by atoms with Crippen molar-refractivity contribution >= 4 is 11.9 Å². The second-order valence-corrected chi connectivity index (χ2v) is 11.3. The Kier molecular flexibility index (Phi) is 15.0. The van der Waals surface area contributed by atoms with Gasteiger partial charge in [-0.3, -0.25) is 9.59 Å². The largest absolute Gasteiger partial charge is 0.504 e. The zero-order valence-electron chi connectivity index (χ0n) is 27.5. The van der Waals surface area contributed by atoms with E-state index in [1.807, 2.05) is 13.8 Å². The topological polar surface area (TPSA) is 191 Å². The third-order valence-electron chi connectivity index (χ3n) is 7.82. The van der Waals surface area contributed by atoms with Gasteiger partial charge in [-0.2, -0.15) is 0 Å². The summed E-state index contributed by atoms with van der Waals surface area (Å²) in [6, 6.07) is 6.53. The highest BCUT2D eigenvalue weighted by Crippen LogP contribution is 2.47. The molecule has 13 nitrogen and oxygen atoms in total. The molecule has 5 atom stereocenters. The predicted octanol–water partition coefficient (Wildman–Crippen LogP) is 2.81. The summed E-state index contributed by atoms with van der Waals surface area (Å²) in [6.45, 7) is 3.98. The van der Waals surface area contributed by atoms with Crippen molar-refractivity contribution in [2.75, 3.05) is 34.0 Å². The van der Waals surface area contributed by atoms with Crippen LogP contribution in [0.25, 0.3) is 11.1 Å². The number of hydrogen-bond donors (Lipinski definition) is 5. The molecular formula is C34H48O13. The van der Waals surface area contributed by atoms with Crippen LogP contribution in [0.1, 0.15) is 63.5 Å². The summed E-state index contributed by atoms with van der Waals surface area (Å²) < 4.78 is 33.4. The number of ether oxygens (including phenoxy) is 6. The number of carbonyl (C=O) groups excluding carboxylic acids is 2. The minimum absolute atomic E-state index is 0.0143. The maximum absolute atomic E-state index is 12.4. The van der Waals surface area contributed by atoms with Gasteiger partial charge in [0.15, 0.2) is 23.0 Å². The number of esters is 2. The van der Waals surface area contributed by atoms with E-state index >= 15 is 0 Å². The molecule has 0 aliphatic carbocycles. The molecule has 1 aliphatic heterocycles. The fraction of sp³-hybridized carbons (Fsp3) is 0.588. The van der Waals surface area contributed by atoms with Crippen molar-refractivity contribution in [1.82, 2.24) is 0 Å². The number of rotatable bonds is 18. The summed E-state index contributed by atoms with van der Waals surface area (Å²) in [5, 5.41) is 52.4. The molecule has 3 rings (SSSR count). The highest BCUT2D eigenvalue weighted by Gasteiger charge is 2.45. The third kappa shape index (κ3) is 10.2. The van der Waals surface area contributed by atoms with E-state index in [9.17, 15) is 35.1 Å². The molecule has 2 aromatic carbocycles. The van der Waals surface area contributed by atoms with Gasteiger partial charge in [-0.15, -0.1) is 0 Å². The van der Waals surface area contributed by atoms with Crippen molar-refractivity contribution in [3.63, 3.8) is 0 Å². The van der Waals surface area contributed by atoms with Crippen LogP contribution in [0.4, 0.5) is 0 Å². The maximum Gasteiger partial charge on any atom is 0.306 e. The Morgan fingerprint density at radius 2 is 1.30 bits per heavy atom. The molecule has 1 fully saturated rings. The van der Waals surface area contributed by atoms with Crippen molar-refractivity contribution in [2.24, 2.45) is 0 Å². The fourth-order valence-corrected chi connectivity index (χ4v) is 5.03. The van der Waals surface area contributed by atoms with E-state index in [0.29, 0.717) is 24.3 Å². The molecule has 47 heavy (non-hydrogen) atoms. The van der Waals surface area contributed by atoms with Gasteiger partial charge in [-0.05, 0) is 61.1 Å². The second-order valence-electron chi connectivity index (χ2n) is 11.3. The average molecular weight is 665 g/mol. The molecule has 2 aromatic rings. The number of phenolic OH excluding ortho intramolecular Hbond substituents is 1. The van der Waals surface area contributed by atoms with Crippen molar-refractivity contribution in [3.05, 3.63) is 35.4 Å². The molecule has 0 radical (unpaired) electrons. The molecule has 262 valence electrons. The van der Waals surface area contributed by atoms with Crippen LogP contribution in [0.2, 0.25) is 0 Å².